The third-order valence-corrected chi connectivity index (χ3v) is 4.06. The van der Waals surface area contributed by atoms with Gasteiger partial charge in [0.05, 0.1) is 28.3 Å². The minimum Gasteiger partial charge on any atom is -0.394 e. The molecule has 2 unspecified atom stereocenters. The SMILES string of the molecule is O=c1[nH]c2ccccc2nc1C(=NNc1ccc([N+](=O)[O-])cc1)C(O)C(O)CO. The standard InChI is InChI=1S/C18H17N5O6/c24-9-14(25)17(26)15(22-21-10-5-7-11(8-6-10)23(28)29)16-18(27)20-13-4-2-1-3-12(13)19-16/h1-8,14,17,21,24-26H,9H2,(H,20,27). The first-order chi connectivity index (χ1) is 13.9. The number of hydrogen-bond acceptors (Lipinski definition) is 9. The molecule has 0 saturated heterocycles. The van der Waals surface area contributed by atoms with E-state index in [2.05, 4.69) is 20.5 Å². The average Bonchev–Trinajstić information content (AvgIpc) is 2.73. The van der Waals surface area contributed by atoms with Gasteiger partial charge in [0, 0.05) is 12.1 Å². The Morgan fingerprint density at radius 3 is 2.55 bits per heavy atom. The van der Waals surface area contributed by atoms with Crippen molar-refractivity contribution in [1.29, 1.82) is 0 Å². The van der Waals surface area contributed by atoms with Crippen molar-refractivity contribution >= 4 is 28.1 Å². The van der Waals surface area contributed by atoms with Crippen LogP contribution in [-0.2, 0) is 0 Å². The van der Waals surface area contributed by atoms with E-state index in [9.17, 15) is 25.1 Å². The number of H-pyrrole nitrogens is 1. The van der Waals surface area contributed by atoms with Crippen LogP contribution in [0.4, 0.5) is 11.4 Å². The molecule has 1 heterocycles. The van der Waals surface area contributed by atoms with E-state index in [1.165, 1.54) is 24.3 Å². The lowest BCUT2D eigenvalue weighted by Gasteiger charge is -2.17. The molecule has 0 amide bonds. The highest BCUT2D eigenvalue weighted by Crippen LogP contribution is 2.16. The van der Waals surface area contributed by atoms with Crippen molar-refractivity contribution in [3.05, 3.63) is 74.7 Å². The fourth-order valence-corrected chi connectivity index (χ4v) is 2.53. The van der Waals surface area contributed by atoms with Crippen LogP contribution < -0.4 is 11.0 Å². The molecule has 11 heteroatoms. The minimum atomic E-state index is -1.72. The number of non-ortho nitro benzene ring substituents is 1. The molecule has 3 aromatic rings. The lowest BCUT2D eigenvalue weighted by Crippen LogP contribution is -2.40. The van der Waals surface area contributed by atoms with Gasteiger partial charge in [-0.2, -0.15) is 5.10 Å². The molecule has 150 valence electrons. The van der Waals surface area contributed by atoms with Crippen molar-refractivity contribution in [2.24, 2.45) is 5.10 Å². The smallest absolute Gasteiger partial charge is 0.276 e. The molecule has 3 rings (SSSR count). The van der Waals surface area contributed by atoms with Gasteiger partial charge in [-0.3, -0.25) is 20.3 Å². The highest BCUT2D eigenvalue weighted by molar-refractivity contribution is 6.03. The summed E-state index contributed by atoms with van der Waals surface area (Å²) in [6.45, 7) is -0.775. The zero-order valence-corrected chi connectivity index (χ0v) is 14.9. The third kappa shape index (κ3) is 4.43. The maximum Gasteiger partial charge on any atom is 0.276 e. The Kier molecular flexibility index (Phi) is 5.93. The number of nitrogens with one attached hydrogen (secondary N) is 2. The largest absolute Gasteiger partial charge is 0.394 e. The second-order valence-electron chi connectivity index (χ2n) is 6.04. The molecule has 1 aromatic heterocycles. The number of aliphatic hydroxyl groups excluding tert-OH is 3. The molecule has 0 spiro atoms. The van der Waals surface area contributed by atoms with Crippen molar-refractivity contribution in [1.82, 2.24) is 9.97 Å². The van der Waals surface area contributed by atoms with E-state index in [-0.39, 0.29) is 17.1 Å². The van der Waals surface area contributed by atoms with Crippen molar-refractivity contribution in [2.45, 2.75) is 12.2 Å². The molecule has 0 aliphatic heterocycles. The second-order valence-corrected chi connectivity index (χ2v) is 6.04. The van der Waals surface area contributed by atoms with Crippen molar-refractivity contribution in [3.8, 4) is 0 Å². The molecule has 2 atom stereocenters. The summed E-state index contributed by atoms with van der Waals surface area (Å²) in [6, 6.07) is 12.0. The Hall–Kier alpha value is -3.67. The summed E-state index contributed by atoms with van der Waals surface area (Å²) < 4.78 is 0. The normalized spacial score (nSPS) is 13.8. The summed E-state index contributed by atoms with van der Waals surface area (Å²) in [5.74, 6) is 0. The lowest BCUT2D eigenvalue weighted by molar-refractivity contribution is -0.384. The number of anilines is 1. The number of para-hydroxylation sites is 2. The third-order valence-electron chi connectivity index (χ3n) is 4.06. The number of fused-ring (bicyclic) bond motifs is 1. The molecule has 0 aliphatic carbocycles. The zero-order valence-electron chi connectivity index (χ0n) is 14.9. The highest BCUT2D eigenvalue weighted by atomic mass is 16.6. The molecule has 29 heavy (non-hydrogen) atoms. The molecule has 0 radical (unpaired) electrons. The van der Waals surface area contributed by atoms with Gasteiger partial charge in [0.25, 0.3) is 11.2 Å². The van der Waals surface area contributed by atoms with Crippen molar-refractivity contribution in [3.63, 3.8) is 0 Å². The highest BCUT2D eigenvalue weighted by Gasteiger charge is 2.27. The number of nitro groups is 1. The van der Waals surface area contributed by atoms with Gasteiger partial charge in [-0.1, -0.05) is 12.1 Å². The van der Waals surface area contributed by atoms with Crippen LogP contribution in [0.1, 0.15) is 5.69 Å². The van der Waals surface area contributed by atoms with Gasteiger partial charge >= 0.3 is 0 Å². The molecule has 0 saturated carbocycles. The summed E-state index contributed by atoms with van der Waals surface area (Å²) in [5.41, 5.74) is 2.46. The first kappa shape index (κ1) is 20.1. The van der Waals surface area contributed by atoms with Gasteiger partial charge < -0.3 is 20.3 Å². The second kappa shape index (κ2) is 8.56. The lowest BCUT2D eigenvalue weighted by atomic mass is 10.1. The number of hydrogen-bond donors (Lipinski definition) is 5. The number of nitrogens with zero attached hydrogens (tertiary/aromatic N) is 3. The zero-order chi connectivity index (χ0) is 21.0. The van der Waals surface area contributed by atoms with Crippen LogP contribution in [0.2, 0.25) is 0 Å². The number of aromatic amines is 1. The van der Waals surface area contributed by atoms with E-state index in [0.717, 1.165) is 0 Å². The van der Waals surface area contributed by atoms with Crippen molar-refractivity contribution < 1.29 is 20.2 Å². The summed E-state index contributed by atoms with van der Waals surface area (Å²) in [4.78, 5) is 29.5. The number of hydrazone groups is 1. The van der Waals surface area contributed by atoms with Crippen molar-refractivity contribution in [2.75, 3.05) is 12.0 Å². The fourth-order valence-electron chi connectivity index (χ4n) is 2.53. The molecule has 5 N–H and O–H groups in total. The number of rotatable bonds is 7. The number of nitro benzene ring substituents is 1. The van der Waals surface area contributed by atoms with Crippen LogP contribution >= 0.6 is 0 Å². The van der Waals surface area contributed by atoms with Gasteiger partial charge in [-0.05, 0) is 24.3 Å². The molecular weight excluding hydrogens is 382 g/mol. The van der Waals surface area contributed by atoms with Crippen LogP contribution in [0.15, 0.2) is 58.4 Å². The summed E-state index contributed by atoms with van der Waals surface area (Å²) in [7, 11) is 0. The topological polar surface area (TPSA) is 174 Å². The Morgan fingerprint density at radius 1 is 1.21 bits per heavy atom. The first-order valence-electron chi connectivity index (χ1n) is 8.45. The van der Waals surface area contributed by atoms with Crippen LogP contribution in [0.5, 0.6) is 0 Å². The Morgan fingerprint density at radius 2 is 1.90 bits per heavy atom. The van der Waals surface area contributed by atoms with Gasteiger partial charge in [0.1, 0.15) is 17.9 Å². The van der Waals surface area contributed by atoms with Gasteiger partial charge in [0.15, 0.2) is 5.69 Å². The minimum absolute atomic E-state index is 0.122. The van der Waals surface area contributed by atoms with Crippen LogP contribution in [-0.4, -0.2) is 54.7 Å². The van der Waals surface area contributed by atoms with Crippen LogP contribution in [0.3, 0.4) is 0 Å². The number of aromatic nitrogens is 2. The Balaban J connectivity index is 2.03. The summed E-state index contributed by atoms with van der Waals surface area (Å²) in [5, 5.41) is 44.0. The van der Waals surface area contributed by atoms with E-state index in [4.69, 9.17) is 5.11 Å². The fraction of sp³-hybridized carbons (Fsp3) is 0.167. The van der Waals surface area contributed by atoms with E-state index in [1.54, 1.807) is 24.3 Å². The molecule has 0 bridgehead atoms. The first-order valence-corrected chi connectivity index (χ1v) is 8.45. The summed E-state index contributed by atoms with van der Waals surface area (Å²) in [6.07, 6.45) is -3.33. The Labute approximate surface area is 163 Å². The number of benzene rings is 2. The van der Waals surface area contributed by atoms with E-state index < -0.39 is 29.3 Å². The van der Waals surface area contributed by atoms with E-state index in [1.807, 2.05) is 0 Å². The predicted octanol–water partition coefficient (Wildman–Crippen LogP) is 0.362. The van der Waals surface area contributed by atoms with E-state index in [0.29, 0.717) is 16.7 Å². The quantitative estimate of drug-likeness (QED) is 0.215. The maximum absolute atomic E-state index is 12.5. The molecule has 0 aliphatic rings. The molecule has 11 nitrogen and oxygen atoms in total. The maximum atomic E-state index is 12.5. The van der Waals surface area contributed by atoms with E-state index >= 15 is 0 Å². The summed E-state index contributed by atoms with van der Waals surface area (Å²) >= 11 is 0. The predicted molar refractivity (Wildman–Crippen MR) is 105 cm³/mol. The average molecular weight is 399 g/mol. The monoisotopic (exact) mass is 399 g/mol. The van der Waals surface area contributed by atoms with Crippen LogP contribution in [0, 0.1) is 10.1 Å². The molecular formula is C18H17N5O6. The molecule has 0 fully saturated rings. The number of aliphatic hydroxyl groups is 3. The van der Waals surface area contributed by atoms with Gasteiger partial charge in [0.2, 0.25) is 0 Å². The molecule has 2 aromatic carbocycles. The Bertz CT molecular complexity index is 1110. The van der Waals surface area contributed by atoms with Gasteiger partial charge in [-0.15, -0.1) is 0 Å². The van der Waals surface area contributed by atoms with Crippen LogP contribution in [0.25, 0.3) is 11.0 Å². The van der Waals surface area contributed by atoms with Gasteiger partial charge in [-0.25, -0.2) is 4.98 Å².